The van der Waals surface area contributed by atoms with Crippen LogP contribution in [0.15, 0.2) is 30.3 Å². The first-order valence-corrected chi connectivity index (χ1v) is 5.12. The number of hydrogen-bond donors (Lipinski definition) is 1. The van der Waals surface area contributed by atoms with Gasteiger partial charge in [0, 0.05) is 17.0 Å². The zero-order chi connectivity index (χ0) is 11.5. The Morgan fingerprint density at radius 1 is 0.938 bits per heavy atom. The van der Waals surface area contributed by atoms with Crippen molar-refractivity contribution in [1.29, 1.82) is 0 Å². The van der Waals surface area contributed by atoms with Gasteiger partial charge in [-0.25, -0.2) is 0 Å². The maximum absolute atomic E-state index is 5.27. The zero-order valence-electron chi connectivity index (χ0n) is 9.70. The molecule has 0 spiro atoms. The van der Waals surface area contributed by atoms with Crippen LogP contribution in [0.3, 0.4) is 0 Å². The molecular formula is C13H15NO2. The molecule has 0 saturated carbocycles. The lowest BCUT2D eigenvalue weighted by atomic mass is 10.1. The molecule has 3 heteroatoms. The van der Waals surface area contributed by atoms with Crippen molar-refractivity contribution in [3.8, 4) is 22.8 Å². The number of nitrogens with one attached hydrogen (secondary N) is 1. The van der Waals surface area contributed by atoms with Crippen LogP contribution in [0.1, 0.15) is 5.69 Å². The van der Waals surface area contributed by atoms with Gasteiger partial charge in [-0.05, 0) is 37.3 Å². The SMILES string of the molecule is COc1ccc(-c2ccc(C)[nH]2)cc1OC. The van der Waals surface area contributed by atoms with Gasteiger partial charge in [-0.1, -0.05) is 0 Å². The highest BCUT2D eigenvalue weighted by atomic mass is 16.5. The third-order valence-electron chi connectivity index (χ3n) is 2.53. The van der Waals surface area contributed by atoms with Crippen molar-refractivity contribution in [2.24, 2.45) is 0 Å². The molecule has 0 aliphatic rings. The van der Waals surface area contributed by atoms with Gasteiger partial charge in [-0.15, -0.1) is 0 Å². The molecular weight excluding hydrogens is 202 g/mol. The van der Waals surface area contributed by atoms with E-state index in [1.807, 2.05) is 31.2 Å². The molecule has 2 rings (SSSR count). The molecule has 3 nitrogen and oxygen atoms in total. The second-order valence-corrected chi connectivity index (χ2v) is 3.62. The summed E-state index contributed by atoms with van der Waals surface area (Å²) in [4.78, 5) is 3.28. The Balaban J connectivity index is 2.43. The highest BCUT2D eigenvalue weighted by molar-refractivity contribution is 5.64. The first-order chi connectivity index (χ1) is 7.74. The molecule has 0 radical (unpaired) electrons. The van der Waals surface area contributed by atoms with Crippen LogP contribution in [0.5, 0.6) is 11.5 Å². The highest BCUT2D eigenvalue weighted by Gasteiger charge is 2.06. The topological polar surface area (TPSA) is 34.2 Å². The molecule has 1 aromatic carbocycles. The van der Waals surface area contributed by atoms with E-state index in [1.165, 1.54) is 0 Å². The van der Waals surface area contributed by atoms with E-state index in [0.29, 0.717) is 0 Å². The summed E-state index contributed by atoms with van der Waals surface area (Å²) in [5.41, 5.74) is 3.31. The smallest absolute Gasteiger partial charge is 0.161 e. The van der Waals surface area contributed by atoms with E-state index in [-0.39, 0.29) is 0 Å². The van der Waals surface area contributed by atoms with Crippen LogP contribution < -0.4 is 9.47 Å². The van der Waals surface area contributed by atoms with Crippen molar-refractivity contribution in [1.82, 2.24) is 4.98 Å². The Morgan fingerprint density at radius 2 is 1.69 bits per heavy atom. The van der Waals surface area contributed by atoms with Crippen molar-refractivity contribution in [2.45, 2.75) is 6.92 Å². The van der Waals surface area contributed by atoms with Crippen LogP contribution in [0, 0.1) is 6.92 Å². The van der Waals surface area contributed by atoms with Gasteiger partial charge in [0.1, 0.15) is 0 Å². The number of benzene rings is 1. The number of aromatic nitrogens is 1. The maximum Gasteiger partial charge on any atom is 0.161 e. The summed E-state index contributed by atoms with van der Waals surface area (Å²) in [5.74, 6) is 1.49. The van der Waals surface area contributed by atoms with Crippen molar-refractivity contribution in [3.63, 3.8) is 0 Å². The summed E-state index contributed by atoms with van der Waals surface area (Å²) in [6, 6.07) is 9.98. The fraction of sp³-hybridized carbons (Fsp3) is 0.231. The number of hydrogen-bond acceptors (Lipinski definition) is 2. The Hall–Kier alpha value is -1.90. The second kappa shape index (κ2) is 4.31. The highest BCUT2D eigenvalue weighted by Crippen LogP contribution is 2.31. The number of methoxy groups -OCH3 is 2. The van der Waals surface area contributed by atoms with E-state index in [9.17, 15) is 0 Å². The Labute approximate surface area is 95.0 Å². The molecule has 0 aliphatic carbocycles. The number of ether oxygens (including phenoxy) is 2. The van der Waals surface area contributed by atoms with Crippen molar-refractivity contribution in [2.75, 3.05) is 14.2 Å². The Morgan fingerprint density at radius 3 is 2.25 bits per heavy atom. The second-order valence-electron chi connectivity index (χ2n) is 3.62. The minimum absolute atomic E-state index is 0.743. The third kappa shape index (κ3) is 1.89. The molecule has 0 fully saturated rings. The molecule has 1 heterocycles. The Bertz CT molecular complexity index is 488. The van der Waals surface area contributed by atoms with Gasteiger partial charge in [0.05, 0.1) is 14.2 Å². The van der Waals surface area contributed by atoms with Crippen molar-refractivity contribution in [3.05, 3.63) is 36.0 Å². The van der Waals surface area contributed by atoms with Gasteiger partial charge in [-0.2, -0.15) is 0 Å². The lowest BCUT2D eigenvalue weighted by Gasteiger charge is -2.08. The molecule has 0 amide bonds. The Kier molecular flexibility index (Phi) is 2.86. The average molecular weight is 217 g/mol. The normalized spacial score (nSPS) is 10.2. The van der Waals surface area contributed by atoms with E-state index >= 15 is 0 Å². The first-order valence-electron chi connectivity index (χ1n) is 5.12. The zero-order valence-corrected chi connectivity index (χ0v) is 9.70. The van der Waals surface area contributed by atoms with Crippen LogP contribution in [0.25, 0.3) is 11.3 Å². The summed E-state index contributed by atoms with van der Waals surface area (Å²) >= 11 is 0. The average Bonchev–Trinajstić information content (AvgIpc) is 2.75. The predicted octanol–water partition coefficient (Wildman–Crippen LogP) is 3.01. The van der Waals surface area contributed by atoms with Crippen molar-refractivity contribution >= 4 is 0 Å². The van der Waals surface area contributed by atoms with Gasteiger partial charge in [0.2, 0.25) is 0 Å². The fourth-order valence-electron chi connectivity index (χ4n) is 1.68. The standard InChI is InChI=1S/C13H15NO2/c1-9-4-6-11(14-9)10-5-7-12(15-2)13(8-10)16-3/h4-8,14H,1-3H3. The van der Waals surface area contributed by atoms with E-state index in [0.717, 1.165) is 28.5 Å². The van der Waals surface area contributed by atoms with Crippen LogP contribution in [0.4, 0.5) is 0 Å². The molecule has 0 aliphatic heterocycles. The van der Waals surface area contributed by atoms with Gasteiger partial charge < -0.3 is 14.5 Å². The third-order valence-corrected chi connectivity index (χ3v) is 2.53. The minimum Gasteiger partial charge on any atom is -0.493 e. The van der Waals surface area contributed by atoms with Gasteiger partial charge >= 0.3 is 0 Å². The maximum atomic E-state index is 5.27. The van der Waals surface area contributed by atoms with E-state index in [2.05, 4.69) is 11.1 Å². The summed E-state index contributed by atoms with van der Waals surface area (Å²) in [6.45, 7) is 2.03. The van der Waals surface area contributed by atoms with Gasteiger partial charge in [0.15, 0.2) is 11.5 Å². The van der Waals surface area contributed by atoms with Gasteiger partial charge in [-0.3, -0.25) is 0 Å². The lowest BCUT2D eigenvalue weighted by Crippen LogP contribution is -1.90. The predicted molar refractivity (Wildman–Crippen MR) is 64.1 cm³/mol. The summed E-state index contributed by atoms with van der Waals surface area (Å²) in [7, 11) is 3.28. The number of H-pyrrole nitrogens is 1. The van der Waals surface area contributed by atoms with Crippen molar-refractivity contribution < 1.29 is 9.47 Å². The summed E-state index contributed by atoms with van der Waals surface area (Å²) in [5, 5.41) is 0. The number of rotatable bonds is 3. The largest absolute Gasteiger partial charge is 0.493 e. The lowest BCUT2D eigenvalue weighted by molar-refractivity contribution is 0.355. The monoisotopic (exact) mass is 217 g/mol. The van der Waals surface area contributed by atoms with E-state index in [1.54, 1.807) is 14.2 Å². The molecule has 1 N–H and O–H groups in total. The first kappa shape index (κ1) is 10.6. The molecule has 0 saturated heterocycles. The summed E-state index contributed by atoms with van der Waals surface area (Å²) < 4.78 is 10.5. The molecule has 0 unspecified atom stereocenters. The van der Waals surface area contributed by atoms with Gasteiger partial charge in [0.25, 0.3) is 0 Å². The van der Waals surface area contributed by atoms with Crippen LogP contribution >= 0.6 is 0 Å². The molecule has 16 heavy (non-hydrogen) atoms. The summed E-state index contributed by atoms with van der Waals surface area (Å²) in [6.07, 6.45) is 0. The molecule has 84 valence electrons. The number of aryl methyl sites for hydroxylation is 1. The van der Waals surface area contributed by atoms with Crippen LogP contribution in [-0.4, -0.2) is 19.2 Å². The molecule has 2 aromatic rings. The fourth-order valence-corrected chi connectivity index (χ4v) is 1.68. The molecule has 0 bridgehead atoms. The van der Waals surface area contributed by atoms with Crippen LogP contribution in [0.2, 0.25) is 0 Å². The van der Waals surface area contributed by atoms with E-state index in [4.69, 9.17) is 9.47 Å². The molecule has 1 aromatic heterocycles. The number of aromatic amines is 1. The quantitative estimate of drug-likeness (QED) is 0.857. The molecule has 0 atom stereocenters. The minimum atomic E-state index is 0.743. The van der Waals surface area contributed by atoms with E-state index < -0.39 is 0 Å². The van der Waals surface area contributed by atoms with Crippen LogP contribution in [-0.2, 0) is 0 Å².